The third-order valence-electron chi connectivity index (χ3n) is 1.69. The van der Waals surface area contributed by atoms with Crippen LogP contribution in [-0.4, -0.2) is 4.99 Å². The van der Waals surface area contributed by atoms with Crippen LogP contribution < -0.4 is 11.1 Å². The van der Waals surface area contributed by atoms with Crippen molar-refractivity contribution in [1.82, 2.24) is 0 Å². The normalized spacial score (nSPS) is 10.7. The molecule has 0 aromatic heterocycles. The number of halogens is 2. The van der Waals surface area contributed by atoms with Crippen LogP contribution in [0.5, 0.6) is 0 Å². The summed E-state index contributed by atoms with van der Waals surface area (Å²) in [5, 5.41) is 11.4. The highest BCUT2D eigenvalue weighted by atomic mass is 35.5. The molecule has 0 spiro atoms. The summed E-state index contributed by atoms with van der Waals surface area (Å²) < 4.78 is 12.8. The average Bonchev–Trinajstić information content (AvgIpc) is 2.23. The van der Waals surface area contributed by atoms with Gasteiger partial charge in [-0.2, -0.15) is 5.26 Å². The first-order valence-corrected chi connectivity index (χ1v) is 4.95. The SMILES string of the molecule is N#C/C(=C\Nc1ccc(F)c(Cl)c1)C(N)=S. The van der Waals surface area contributed by atoms with Crippen molar-refractivity contribution in [2.75, 3.05) is 5.32 Å². The van der Waals surface area contributed by atoms with Gasteiger partial charge >= 0.3 is 0 Å². The Morgan fingerprint density at radius 1 is 1.62 bits per heavy atom. The van der Waals surface area contributed by atoms with E-state index >= 15 is 0 Å². The van der Waals surface area contributed by atoms with Crippen LogP contribution in [0.1, 0.15) is 0 Å². The molecule has 0 unspecified atom stereocenters. The van der Waals surface area contributed by atoms with Gasteiger partial charge in [0.05, 0.1) is 5.02 Å². The Morgan fingerprint density at radius 2 is 2.31 bits per heavy atom. The lowest BCUT2D eigenvalue weighted by molar-refractivity contribution is 0.628. The standard InChI is InChI=1S/C10H7ClFN3S/c11-8-3-7(1-2-9(8)12)15-5-6(4-13)10(14)16/h1-3,5,15H,(H2,14,16)/b6-5+. The predicted octanol–water partition coefficient (Wildman–Crippen LogP) is 2.58. The number of nitrogens with one attached hydrogen (secondary N) is 1. The van der Waals surface area contributed by atoms with E-state index in [9.17, 15) is 4.39 Å². The third-order valence-corrected chi connectivity index (χ3v) is 2.20. The van der Waals surface area contributed by atoms with Crippen LogP contribution in [0, 0.1) is 17.1 Å². The molecule has 0 radical (unpaired) electrons. The molecule has 0 fully saturated rings. The molecule has 3 N–H and O–H groups in total. The van der Waals surface area contributed by atoms with E-state index in [1.165, 1.54) is 24.4 Å². The van der Waals surface area contributed by atoms with Crippen LogP contribution in [-0.2, 0) is 0 Å². The number of nitriles is 1. The topological polar surface area (TPSA) is 61.8 Å². The number of rotatable bonds is 3. The molecule has 0 amide bonds. The molecule has 1 aromatic carbocycles. The smallest absolute Gasteiger partial charge is 0.141 e. The number of anilines is 1. The Bertz CT molecular complexity index is 493. The van der Waals surface area contributed by atoms with Gasteiger partial charge in [-0.15, -0.1) is 0 Å². The molecule has 6 heteroatoms. The van der Waals surface area contributed by atoms with Crippen LogP contribution in [0.4, 0.5) is 10.1 Å². The number of nitrogens with zero attached hydrogens (tertiary/aromatic N) is 1. The van der Waals surface area contributed by atoms with E-state index in [1.807, 2.05) is 6.07 Å². The number of hydrogen-bond acceptors (Lipinski definition) is 3. The Kier molecular flexibility index (Phi) is 4.23. The number of thiocarbonyl (C=S) groups is 1. The van der Waals surface area contributed by atoms with Gasteiger partial charge in [0.1, 0.15) is 22.4 Å². The molecule has 0 heterocycles. The minimum Gasteiger partial charge on any atom is -0.389 e. The highest BCUT2D eigenvalue weighted by Gasteiger charge is 2.01. The van der Waals surface area contributed by atoms with Crippen molar-refractivity contribution in [2.24, 2.45) is 5.73 Å². The second-order valence-electron chi connectivity index (χ2n) is 2.81. The predicted molar refractivity (Wildman–Crippen MR) is 65.5 cm³/mol. The maximum atomic E-state index is 12.8. The Labute approximate surface area is 102 Å². The zero-order valence-electron chi connectivity index (χ0n) is 8.00. The van der Waals surface area contributed by atoms with Crippen molar-refractivity contribution >= 4 is 34.5 Å². The first-order valence-electron chi connectivity index (χ1n) is 4.16. The van der Waals surface area contributed by atoms with E-state index in [0.717, 1.165) is 0 Å². The summed E-state index contributed by atoms with van der Waals surface area (Å²) in [4.78, 5) is -0.0109. The number of hydrogen-bond donors (Lipinski definition) is 2. The third kappa shape index (κ3) is 3.19. The second-order valence-corrected chi connectivity index (χ2v) is 3.65. The van der Waals surface area contributed by atoms with Gasteiger partial charge < -0.3 is 11.1 Å². The highest BCUT2D eigenvalue weighted by molar-refractivity contribution is 7.80. The van der Waals surface area contributed by atoms with Gasteiger partial charge in [-0.05, 0) is 18.2 Å². The lowest BCUT2D eigenvalue weighted by Gasteiger charge is -2.02. The molecule has 0 aliphatic carbocycles. The van der Waals surface area contributed by atoms with Gasteiger partial charge in [0, 0.05) is 11.9 Å². The molecule has 16 heavy (non-hydrogen) atoms. The van der Waals surface area contributed by atoms with Crippen LogP contribution in [0.15, 0.2) is 30.0 Å². The monoisotopic (exact) mass is 255 g/mol. The summed E-state index contributed by atoms with van der Waals surface area (Å²) in [5.41, 5.74) is 5.95. The summed E-state index contributed by atoms with van der Waals surface area (Å²) in [7, 11) is 0. The second kappa shape index (κ2) is 5.45. The fraction of sp³-hybridized carbons (Fsp3) is 0. The lowest BCUT2D eigenvalue weighted by atomic mass is 10.3. The summed E-state index contributed by atoms with van der Waals surface area (Å²) in [6.07, 6.45) is 1.34. The van der Waals surface area contributed by atoms with E-state index < -0.39 is 5.82 Å². The van der Waals surface area contributed by atoms with Gasteiger partial charge in [-0.3, -0.25) is 0 Å². The van der Waals surface area contributed by atoms with Gasteiger partial charge in [0.2, 0.25) is 0 Å². The summed E-state index contributed by atoms with van der Waals surface area (Å²) in [5.74, 6) is -0.508. The van der Waals surface area contributed by atoms with Gasteiger partial charge in [-0.1, -0.05) is 23.8 Å². The first-order chi connectivity index (χ1) is 7.54. The molecule has 3 nitrogen and oxygen atoms in total. The zero-order chi connectivity index (χ0) is 12.1. The van der Waals surface area contributed by atoms with Crippen molar-refractivity contribution in [3.8, 4) is 6.07 Å². The summed E-state index contributed by atoms with van der Waals surface area (Å²) >= 11 is 10.2. The molecule has 0 saturated carbocycles. The van der Waals surface area contributed by atoms with E-state index in [4.69, 9.17) is 22.6 Å². The maximum absolute atomic E-state index is 12.8. The highest BCUT2D eigenvalue weighted by Crippen LogP contribution is 2.19. The Hall–Kier alpha value is -1.64. The van der Waals surface area contributed by atoms with E-state index in [0.29, 0.717) is 5.69 Å². The molecule has 0 saturated heterocycles. The van der Waals surface area contributed by atoms with E-state index in [1.54, 1.807) is 0 Å². The largest absolute Gasteiger partial charge is 0.389 e. The van der Waals surface area contributed by atoms with Crippen molar-refractivity contribution in [3.05, 3.63) is 40.8 Å². The molecule has 0 aliphatic heterocycles. The molecule has 0 atom stereocenters. The fourth-order valence-corrected chi connectivity index (χ4v) is 1.19. The maximum Gasteiger partial charge on any atom is 0.141 e. The van der Waals surface area contributed by atoms with Crippen LogP contribution in [0.2, 0.25) is 5.02 Å². The molecular weight excluding hydrogens is 249 g/mol. The van der Waals surface area contributed by atoms with Crippen molar-refractivity contribution in [1.29, 1.82) is 5.26 Å². The molecule has 82 valence electrons. The minimum atomic E-state index is -0.508. The molecule has 1 rings (SSSR count). The van der Waals surface area contributed by atoms with E-state index in [2.05, 4.69) is 17.5 Å². The van der Waals surface area contributed by atoms with E-state index in [-0.39, 0.29) is 15.6 Å². The van der Waals surface area contributed by atoms with Gasteiger partial charge in [0.25, 0.3) is 0 Å². The molecule has 0 bridgehead atoms. The quantitative estimate of drug-likeness (QED) is 0.495. The number of nitrogens with two attached hydrogens (primary N) is 1. The summed E-state index contributed by atoms with van der Waals surface area (Å²) in [6.45, 7) is 0. The minimum absolute atomic E-state index is 0.00719. The Balaban J connectivity index is 2.86. The molecule has 1 aromatic rings. The molecular formula is C10H7ClFN3S. The van der Waals surface area contributed by atoms with Gasteiger partial charge in [0.15, 0.2) is 0 Å². The van der Waals surface area contributed by atoms with Crippen LogP contribution in [0.25, 0.3) is 0 Å². The van der Waals surface area contributed by atoms with Crippen LogP contribution in [0.3, 0.4) is 0 Å². The lowest BCUT2D eigenvalue weighted by Crippen LogP contribution is -2.11. The fourth-order valence-electron chi connectivity index (χ4n) is 0.900. The Morgan fingerprint density at radius 3 is 2.81 bits per heavy atom. The first kappa shape index (κ1) is 12.4. The van der Waals surface area contributed by atoms with Crippen LogP contribution >= 0.6 is 23.8 Å². The number of benzene rings is 1. The van der Waals surface area contributed by atoms with Crippen molar-refractivity contribution in [3.63, 3.8) is 0 Å². The van der Waals surface area contributed by atoms with Gasteiger partial charge in [-0.25, -0.2) is 4.39 Å². The van der Waals surface area contributed by atoms with Crippen molar-refractivity contribution in [2.45, 2.75) is 0 Å². The zero-order valence-corrected chi connectivity index (χ0v) is 9.57. The average molecular weight is 256 g/mol. The molecule has 0 aliphatic rings. The summed E-state index contributed by atoms with van der Waals surface area (Å²) in [6, 6.07) is 5.91. The van der Waals surface area contributed by atoms with Crippen molar-refractivity contribution < 1.29 is 4.39 Å².